The SMILES string of the molecule is C1COC(CCN2CCC3CC32)O1. The molecule has 3 fully saturated rings. The van der Waals surface area contributed by atoms with Gasteiger partial charge in [0.1, 0.15) is 0 Å². The predicted octanol–water partition coefficient (Wildman–Crippen LogP) is 0.844. The van der Waals surface area contributed by atoms with Crippen molar-refractivity contribution in [2.24, 2.45) is 5.92 Å². The van der Waals surface area contributed by atoms with E-state index in [0.29, 0.717) is 0 Å². The van der Waals surface area contributed by atoms with Gasteiger partial charge in [0, 0.05) is 19.0 Å². The first-order chi connectivity index (χ1) is 6.43. The highest BCUT2D eigenvalue weighted by molar-refractivity contribution is 5.00. The summed E-state index contributed by atoms with van der Waals surface area (Å²) in [5, 5.41) is 0. The summed E-state index contributed by atoms with van der Waals surface area (Å²) in [6.07, 6.45) is 4.03. The number of hydrogen-bond donors (Lipinski definition) is 0. The first kappa shape index (κ1) is 8.21. The normalized spacial score (nSPS) is 39.7. The van der Waals surface area contributed by atoms with E-state index in [2.05, 4.69) is 4.90 Å². The van der Waals surface area contributed by atoms with Crippen LogP contribution in [0.2, 0.25) is 0 Å². The molecule has 3 aliphatic rings. The van der Waals surface area contributed by atoms with Gasteiger partial charge in [-0.15, -0.1) is 0 Å². The highest BCUT2D eigenvalue weighted by Gasteiger charge is 2.46. The largest absolute Gasteiger partial charge is 0.350 e. The Balaban J connectivity index is 1.42. The summed E-state index contributed by atoms with van der Waals surface area (Å²) in [5.41, 5.74) is 0. The van der Waals surface area contributed by atoms with Gasteiger partial charge in [0.25, 0.3) is 0 Å². The molecule has 2 saturated heterocycles. The average Bonchev–Trinajstić information content (AvgIpc) is 2.64. The Bertz CT molecular complexity index is 191. The number of fused-ring (bicyclic) bond motifs is 1. The van der Waals surface area contributed by atoms with Crippen molar-refractivity contribution in [3.8, 4) is 0 Å². The molecule has 0 aromatic carbocycles. The molecular weight excluding hydrogens is 166 g/mol. The van der Waals surface area contributed by atoms with Crippen molar-refractivity contribution in [1.29, 1.82) is 0 Å². The molecule has 1 saturated carbocycles. The van der Waals surface area contributed by atoms with Gasteiger partial charge in [-0.1, -0.05) is 0 Å². The summed E-state index contributed by atoms with van der Waals surface area (Å²) in [6.45, 7) is 4.06. The quantitative estimate of drug-likeness (QED) is 0.647. The van der Waals surface area contributed by atoms with Crippen LogP contribution in [-0.2, 0) is 9.47 Å². The molecule has 0 amide bonds. The fourth-order valence-corrected chi connectivity index (χ4v) is 2.61. The maximum atomic E-state index is 5.41. The van der Waals surface area contributed by atoms with E-state index < -0.39 is 0 Å². The van der Waals surface area contributed by atoms with Gasteiger partial charge in [-0.2, -0.15) is 0 Å². The minimum Gasteiger partial charge on any atom is -0.350 e. The topological polar surface area (TPSA) is 21.7 Å². The van der Waals surface area contributed by atoms with Gasteiger partial charge in [0.2, 0.25) is 0 Å². The van der Waals surface area contributed by atoms with Gasteiger partial charge in [0.05, 0.1) is 13.2 Å². The van der Waals surface area contributed by atoms with Crippen molar-refractivity contribution in [3.05, 3.63) is 0 Å². The number of nitrogens with zero attached hydrogens (tertiary/aromatic N) is 1. The molecule has 0 bridgehead atoms. The van der Waals surface area contributed by atoms with Crippen LogP contribution in [0.4, 0.5) is 0 Å². The van der Waals surface area contributed by atoms with E-state index in [1.165, 1.54) is 25.9 Å². The van der Waals surface area contributed by atoms with Crippen molar-refractivity contribution in [3.63, 3.8) is 0 Å². The van der Waals surface area contributed by atoms with Gasteiger partial charge < -0.3 is 9.47 Å². The number of rotatable bonds is 3. The second kappa shape index (κ2) is 3.23. The number of piperidine rings is 1. The zero-order chi connectivity index (χ0) is 8.67. The lowest BCUT2D eigenvalue weighted by Crippen LogP contribution is -2.27. The molecular formula is C10H17NO2. The molecule has 3 rings (SSSR count). The second-order valence-electron chi connectivity index (χ2n) is 4.35. The lowest BCUT2D eigenvalue weighted by atomic mass is 10.3. The Kier molecular flexibility index (Phi) is 2.04. The third-order valence-electron chi connectivity index (χ3n) is 3.48. The van der Waals surface area contributed by atoms with Crippen LogP contribution < -0.4 is 0 Å². The molecule has 3 nitrogen and oxygen atoms in total. The summed E-state index contributed by atoms with van der Waals surface area (Å²) in [6, 6.07) is 0.932. The van der Waals surface area contributed by atoms with Crippen LogP contribution >= 0.6 is 0 Å². The Hall–Kier alpha value is -0.120. The van der Waals surface area contributed by atoms with E-state index in [4.69, 9.17) is 9.47 Å². The Labute approximate surface area is 79.0 Å². The molecule has 0 radical (unpaired) electrons. The third-order valence-corrected chi connectivity index (χ3v) is 3.48. The van der Waals surface area contributed by atoms with Crippen molar-refractivity contribution < 1.29 is 9.47 Å². The van der Waals surface area contributed by atoms with Crippen molar-refractivity contribution in [1.82, 2.24) is 4.90 Å². The second-order valence-corrected chi connectivity index (χ2v) is 4.35. The fraction of sp³-hybridized carbons (Fsp3) is 1.00. The van der Waals surface area contributed by atoms with E-state index in [9.17, 15) is 0 Å². The highest BCUT2D eigenvalue weighted by Crippen LogP contribution is 2.44. The van der Waals surface area contributed by atoms with Gasteiger partial charge in [-0.25, -0.2) is 0 Å². The lowest BCUT2D eigenvalue weighted by molar-refractivity contribution is -0.0512. The van der Waals surface area contributed by atoms with Crippen LogP contribution in [0.15, 0.2) is 0 Å². The molecule has 2 unspecified atom stereocenters. The maximum absolute atomic E-state index is 5.41. The van der Waals surface area contributed by atoms with Crippen LogP contribution in [-0.4, -0.2) is 43.5 Å². The number of hydrogen-bond acceptors (Lipinski definition) is 3. The summed E-state index contributed by atoms with van der Waals surface area (Å²) < 4.78 is 10.8. The van der Waals surface area contributed by atoms with Gasteiger partial charge in [-0.3, -0.25) is 4.90 Å². The zero-order valence-corrected chi connectivity index (χ0v) is 7.95. The molecule has 2 aliphatic heterocycles. The Morgan fingerprint density at radius 2 is 2.08 bits per heavy atom. The van der Waals surface area contributed by atoms with E-state index in [0.717, 1.165) is 31.6 Å². The molecule has 2 heterocycles. The standard InChI is InChI=1S/C10H17NO2/c1-3-11(9-7-8(1)9)4-2-10-12-5-6-13-10/h8-10H,1-7H2. The van der Waals surface area contributed by atoms with E-state index >= 15 is 0 Å². The molecule has 0 N–H and O–H groups in total. The first-order valence-electron chi connectivity index (χ1n) is 5.41. The summed E-state index contributed by atoms with van der Waals surface area (Å²) in [5.74, 6) is 1.05. The zero-order valence-electron chi connectivity index (χ0n) is 7.95. The molecule has 1 aliphatic carbocycles. The minimum atomic E-state index is 0.0952. The molecule has 2 atom stereocenters. The number of ether oxygens (including phenoxy) is 2. The van der Waals surface area contributed by atoms with Gasteiger partial charge in [0.15, 0.2) is 6.29 Å². The molecule has 0 aromatic heterocycles. The van der Waals surface area contributed by atoms with Crippen LogP contribution in [0, 0.1) is 5.92 Å². The van der Waals surface area contributed by atoms with Crippen LogP contribution in [0.1, 0.15) is 19.3 Å². The summed E-state index contributed by atoms with van der Waals surface area (Å²) in [7, 11) is 0. The smallest absolute Gasteiger partial charge is 0.159 e. The fourth-order valence-electron chi connectivity index (χ4n) is 2.61. The van der Waals surface area contributed by atoms with Gasteiger partial charge >= 0.3 is 0 Å². The first-order valence-corrected chi connectivity index (χ1v) is 5.41. The number of likely N-dealkylation sites (tertiary alicyclic amines) is 1. The van der Waals surface area contributed by atoms with E-state index in [1.807, 2.05) is 0 Å². The highest BCUT2D eigenvalue weighted by atomic mass is 16.7. The molecule has 74 valence electrons. The predicted molar refractivity (Wildman–Crippen MR) is 48.4 cm³/mol. The maximum Gasteiger partial charge on any atom is 0.159 e. The molecule has 13 heavy (non-hydrogen) atoms. The lowest BCUT2D eigenvalue weighted by Gasteiger charge is -2.18. The van der Waals surface area contributed by atoms with Crippen LogP contribution in [0.3, 0.4) is 0 Å². The van der Waals surface area contributed by atoms with E-state index in [1.54, 1.807) is 0 Å². The van der Waals surface area contributed by atoms with Crippen molar-refractivity contribution >= 4 is 0 Å². The van der Waals surface area contributed by atoms with Gasteiger partial charge in [-0.05, 0) is 25.3 Å². The van der Waals surface area contributed by atoms with Crippen LogP contribution in [0.25, 0.3) is 0 Å². The van der Waals surface area contributed by atoms with Crippen LogP contribution in [0.5, 0.6) is 0 Å². The van der Waals surface area contributed by atoms with Crippen molar-refractivity contribution in [2.75, 3.05) is 26.3 Å². The Morgan fingerprint density at radius 3 is 2.69 bits per heavy atom. The van der Waals surface area contributed by atoms with Crippen molar-refractivity contribution in [2.45, 2.75) is 31.6 Å². The Morgan fingerprint density at radius 1 is 1.23 bits per heavy atom. The monoisotopic (exact) mass is 183 g/mol. The molecule has 0 aromatic rings. The third kappa shape index (κ3) is 1.60. The minimum absolute atomic E-state index is 0.0952. The molecule has 0 spiro atoms. The average molecular weight is 183 g/mol. The summed E-state index contributed by atoms with van der Waals surface area (Å²) in [4.78, 5) is 2.61. The summed E-state index contributed by atoms with van der Waals surface area (Å²) >= 11 is 0. The van der Waals surface area contributed by atoms with E-state index in [-0.39, 0.29) is 6.29 Å². The molecule has 3 heteroatoms.